The Labute approximate surface area is 295 Å². The molecule has 9 rings (SSSR count). The monoisotopic (exact) mass is 725 g/mol. The van der Waals surface area contributed by atoms with Gasteiger partial charge in [-0.2, -0.15) is 15.1 Å². The van der Waals surface area contributed by atoms with E-state index in [9.17, 15) is 13.2 Å². The van der Waals surface area contributed by atoms with Crippen LogP contribution < -0.4 is 20.1 Å². The molecule has 3 fully saturated rings. The number of halogens is 5. The predicted molar refractivity (Wildman–Crippen MR) is 184 cm³/mol. The number of hydrogen-bond acceptors (Lipinski definition) is 10. The zero-order chi connectivity index (χ0) is 36.0. The number of nitrogens with one attached hydrogen (secondary N) is 1. The lowest BCUT2D eigenvalue weighted by Gasteiger charge is -2.34. The molecule has 3 atom stereocenters. The Hall–Kier alpha value is -4.50. The molecular formula is C35H36ClF4N9O2. The van der Waals surface area contributed by atoms with E-state index in [4.69, 9.17) is 31.8 Å². The van der Waals surface area contributed by atoms with Crippen LogP contribution in [0.25, 0.3) is 33.1 Å². The smallest absolute Gasteiger partial charge is 0.318 e. The predicted octanol–water partition coefficient (Wildman–Crippen LogP) is 7.06. The third kappa shape index (κ3) is 5.55. The summed E-state index contributed by atoms with van der Waals surface area (Å²) in [5.41, 5.74) is 8.08. The number of alkyl halides is 2. The number of aromatic amines is 1. The minimum atomic E-state index is -2.34. The third-order valence-electron chi connectivity index (χ3n) is 10.6. The van der Waals surface area contributed by atoms with Crippen molar-refractivity contribution < 1.29 is 27.0 Å². The maximum absolute atomic E-state index is 16.8. The highest BCUT2D eigenvalue weighted by Gasteiger charge is 2.72. The van der Waals surface area contributed by atoms with Crippen LogP contribution >= 0.6 is 11.6 Å². The number of fused-ring (bicyclic) bond motifs is 1. The van der Waals surface area contributed by atoms with Gasteiger partial charge in [-0.1, -0.05) is 11.6 Å². The number of nitrogens with two attached hydrogens (primary N) is 1. The quantitative estimate of drug-likeness (QED) is 0.182. The van der Waals surface area contributed by atoms with Gasteiger partial charge in [0, 0.05) is 34.5 Å². The lowest BCUT2D eigenvalue weighted by molar-refractivity contribution is 0.0673. The molecule has 0 bridgehead atoms. The van der Waals surface area contributed by atoms with E-state index < -0.39 is 29.0 Å². The molecule has 4 aliphatic rings. The number of likely N-dealkylation sites (tertiary alicyclic amines) is 1. The summed E-state index contributed by atoms with van der Waals surface area (Å²) in [6, 6.07) is 2.26. The summed E-state index contributed by atoms with van der Waals surface area (Å²) in [4.78, 5) is 21.6. The molecule has 11 nitrogen and oxygen atoms in total. The van der Waals surface area contributed by atoms with Gasteiger partial charge >= 0.3 is 6.01 Å². The number of benzene rings is 1. The van der Waals surface area contributed by atoms with E-state index >= 15 is 4.39 Å². The lowest BCUT2D eigenvalue weighted by atomic mass is 9.95. The summed E-state index contributed by atoms with van der Waals surface area (Å²) in [5.74, 6) is -2.69. The van der Waals surface area contributed by atoms with E-state index in [1.54, 1.807) is 6.20 Å². The summed E-state index contributed by atoms with van der Waals surface area (Å²) >= 11 is 6.74. The second-order valence-electron chi connectivity index (χ2n) is 14.1. The van der Waals surface area contributed by atoms with Crippen molar-refractivity contribution in [2.75, 3.05) is 44.5 Å². The maximum atomic E-state index is 16.8. The van der Waals surface area contributed by atoms with Crippen molar-refractivity contribution in [3.63, 3.8) is 0 Å². The second kappa shape index (κ2) is 12.0. The number of H-pyrrole nitrogens is 1. The van der Waals surface area contributed by atoms with E-state index in [0.29, 0.717) is 45.8 Å². The van der Waals surface area contributed by atoms with Gasteiger partial charge in [-0.15, -0.1) is 0 Å². The molecule has 1 aromatic carbocycles. The molecule has 0 radical (unpaired) electrons. The van der Waals surface area contributed by atoms with Gasteiger partial charge in [-0.3, -0.25) is 5.10 Å². The van der Waals surface area contributed by atoms with Crippen LogP contribution in [0.5, 0.6) is 11.9 Å². The first-order valence-electron chi connectivity index (χ1n) is 16.8. The number of hydrogen-bond donors (Lipinski definition) is 2. The first-order chi connectivity index (χ1) is 24.3. The Kier molecular flexibility index (Phi) is 7.94. The molecule has 0 amide bonds. The van der Waals surface area contributed by atoms with Crippen molar-refractivity contribution in [2.24, 2.45) is 5.41 Å². The zero-order valence-corrected chi connectivity index (χ0v) is 29.2. The van der Waals surface area contributed by atoms with Crippen LogP contribution in [-0.4, -0.2) is 80.9 Å². The van der Waals surface area contributed by atoms with E-state index in [2.05, 4.69) is 25.1 Å². The molecule has 6 heterocycles. The van der Waals surface area contributed by atoms with Gasteiger partial charge in [-0.05, 0) is 70.3 Å². The summed E-state index contributed by atoms with van der Waals surface area (Å²) in [5, 5.41) is 8.58. The van der Waals surface area contributed by atoms with Gasteiger partial charge in [0.15, 0.2) is 5.82 Å². The Bertz CT molecular complexity index is 2200. The largest absolute Gasteiger partial charge is 0.475 e. The minimum absolute atomic E-state index is 0.0261. The van der Waals surface area contributed by atoms with E-state index in [1.165, 1.54) is 13.2 Å². The van der Waals surface area contributed by atoms with Gasteiger partial charge in [0.25, 0.3) is 5.92 Å². The Balaban J connectivity index is 0.000000320. The molecule has 268 valence electrons. The molecule has 5 aromatic rings. The topological polar surface area (TPSA) is 131 Å². The van der Waals surface area contributed by atoms with Crippen LogP contribution in [0, 0.1) is 17.0 Å². The normalized spacial score (nSPS) is 22.8. The number of nitrogen functional groups attached to an aromatic ring is 1. The fourth-order valence-electron chi connectivity index (χ4n) is 7.66. The van der Waals surface area contributed by atoms with Gasteiger partial charge < -0.3 is 25.0 Å². The molecule has 51 heavy (non-hydrogen) atoms. The summed E-state index contributed by atoms with van der Waals surface area (Å²) < 4.78 is 67.9. The molecule has 2 saturated carbocycles. The van der Waals surface area contributed by atoms with Crippen LogP contribution in [0.4, 0.5) is 29.2 Å². The van der Waals surface area contributed by atoms with Crippen LogP contribution in [0.1, 0.15) is 62.6 Å². The van der Waals surface area contributed by atoms with Crippen LogP contribution in [0.2, 0.25) is 5.02 Å². The van der Waals surface area contributed by atoms with Crippen molar-refractivity contribution >= 4 is 45.0 Å². The number of rotatable bonds is 5. The van der Waals surface area contributed by atoms with Crippen molar-refractivity contribution in [3.8, 4) is 23.1 Å². The zero-order valence-electron chi connectivity index (χ0n) is 28.4. The highest BCUT2D eigenvalue weighted by atomic mass is 35.5. The average molecular weight is 726 g/mol. The van der Waals surface area contributed by atoms with Crippen molar-refractivity contribution in [2.45, 2.75) is 63.5 Å². The van der Waals surface area contributed by atoms with Gasteiger partial charge in [0.1, 0.15) is 40.7 Å². The molecule has 3 N–H and O–H groups in total. The highest BCUT2D eigenvalue weighted by molar-refractivity contribution is 6.33. The Morgan fingerprint density at radius 1 is 1.16 bits per heavy atom. The van der Waals surface area contributed by atoms with Gasteiger partial charge in [0.2, 0.25) is 5.88 Å². The van der Waals surface area contributed by atoms with E-state index in [1.807, 2.05) is 36.8 Å². The fraction of sp³-hybridized carbons (Fsp3) is 0.457. The molecule has 4 aromatic heterocycles. The van der Waals surface area contributed by atoms with E-state index in [0.717, 1.165) is 31.1 Å². The van der Waals surface area contributed by atoms with Gasteiger partial charge in [0.05, 0.1) is 42.5 Å². The summed E-state index contributed by atoms with van der Waals surface area (Å²) in [7, 11) is 3.31. The van der Waals surface area contributed by atoms with Crippen LogP contribution in [-0.2, 0) is 0 Å². The van der Waals surface area contributed by atoms with Gasteiger partial charge in [-0.25, -0.2) is 27.5 Å². The molecule has 2 aliphatic heterocycles. The SMILES string of the molecule is CN1CCC2(C1)CC2(F)F.COc1nc2c3c(nc(-c4c(C5CC5)c(Cl)cc5[nH]ncc45)c(F)c3n1)OC[C@H](C)N2C(C)c1cc(F)cnc1N. The van der Waals surface area contributed by atoms with Crippen molar-refractivity contribution in [1.29, 1.82) is 0 Å². The van der Waals surface area contributed by atoms with Crippen LogP contribution in [0.3, 0.4) is 0 Å². The number of methoxy groups -OCH3 is 1. The molecular weight excluding hydrogens is 690 g/mol. The average Bonchev–Trinajstić information content (AvgIpc) is 3.91. The maximum Gasteiger partial charge on any atom is 0.318 e. The molecule has 16 heteroatoms. The molecule has 1 spiro atoms. The number of aromatic nitrogens is 6. The third-order valence-corrected chi connectivity index (χ3v) is 10.9. The number of nitrogens with zero attached hydrogens (tertiary/aromatic N) is 7. The van der Waals surface area contributed by atoms with Crippen molar-refractivity contribution in [1.82, 2.24) is 35.0 Å². The second-order valence-corrected chi connectivity index (χ2v) is 14.5. The molecule has 2 aliphatic carbocycles. The summed E-state index contributed by atoms with van der Waals surface area (Å²) in [6.45, 7) is 5.37. The number of ether oxygens (including phenoxy) is 2. The fourth-order valence-corrected chi connectivity index (χ4v) is 8.02. The number of pyridine rings is 2. The Morgan fingerprint density at radius 2 is 1.92 bits per heavy atom. The number of anilines is 2. The molecule has 1 saturated heterocycles. The first-order valence-corrected chi connectivity index (χ1v) is 17.2. The van der Waals surface area contributed by atoms with Crippen molar-refractivity contribution in [3.05, 3.63) is 52.3 Å². The minimum Gasteiger partial charge on any atom is -0.475 e. The highest BCUT2D eigenvalue weighted by Crippen LogP contribution is 2.64. The molecule has 2 unspecified atom stereocenters. The lowest BCUT2D eigenvalue weighted by Crippen LogP contribution is -2.39. The van der Waals surface area contributed by atoms with Crippen LogP contribution in [0.15, 0.2) is 24.5 Å². The summed E-state index contributed by atoms with van der Waals surface area (Å²) in [6.07, 6.45) is 5.41. The van der Waals surface area contributed by atoms with E-state index in [-0.39, 0.29) is 59.3 Å². The Morgan fingerprint density at radius 3 is 2.57 bits per heavy atom. The first kappa shape index (κ1) is 33.6. The standard InChI is InChI=1S/C28H25ClF2N8O2.C7H11F2N/c1-11-10-41-27-21-24(36-28(40-3)37-26(21)39(11)12(2)15-6-14(30)8-33-25(15)32)22(31)23(35-27)20-16-9-34-38-18(16)7-17(29)19(20)13-4-5-13;1-10-3-2-6(5-10)4-7(6,8)9/h6-9,11-13H,4-5,10H2,1-3H3,(H2,32,33)(H,34,38);2-5H2,1H3/t11-,12?;/m0./s1.